The molecule has 0 aliphatic rings. The summed E-state index contributed by atoms with van der Waals surface area (Å²) >= 11 is 9.24. The van der Waals surface area contributed by atoms with Crippen LogP contribution < -0.4 is 5.43 Å². The number of nitrogens with one attached hydrogen (secondary N) is 1. The SMILES string of the molecule is O=C(O)c1cc(-c2ccc(/C=N/Nc3ccc(Br)cc3)o2)ccc1Cl. The quantitative estimate of drug-likeness (QED) is 0.422. The summed E-state index contributed by atoms with van der Waals surface area (Å²) in [5.41, 5.74) is 4.39. The Kier molecular flexibility index (Phi) is 5.21. The lowest BCUT2D eigenvalue weighted by molar-refractivity contribution is 0.0697. The summed E-state index contributed by atoms with van der Waals surface area (Å²) < 4.78 is 6.66. The first-order chi connectivity index (χ1) is 12.0. The number of halogens is 2. The molecule has 0 saturated heterocycles. The summed E-state index contributed by atoms with van der Waals surface area (Å²) in [7, 11) is 0. The molecule has 2 N–H and O–H groups in total. The van der Waals surface area contributed by atoms with Gasteiger partial charge in [-0.2, -0.15) is 5.10 Å². The van der Waals surface area contributed by atoms with E-state index < -0.39 is 5.97 Å². The minimum absolute atomic E-state index is 0.0303. The average Bonchev–Trinajstić information content (AvgIpc) is 3.06. The molecule has 0 aliphatic heterocycles. The Balaban J connectivity index is 1.74. The van der Waals surface area contributed by atoms with E-state index in [4.69, 9.17) is 21.1 Å². The summed E-state index contributed by atoms with van der Waals surface area (Å²) in [6.45, 7) is 0. The minimum atomic E-state index is -1.08. The molecule has 1 heterocycles. The zero-order valence-electron chi connectivity index (χ0n) is 12.7. The van der Waals surface area contributed by atoms with Crippen molar-refractivity contribution >= 4 is 45.4 Å². The molecule has 7 heteroatoms. The molecule has 0 bridgehead atoms. The molecule has 0 spiro atoms. The van der Waals surface area contributed by atoms with Gasteiger partial charge in [-0.25, -0.2) is 4.79 Å². The normalized spacial score (nSPS) is 11.0. The van der Waals surface area contributed by atoms with Crippen molar-refractivity contribution in [2.45, 2.75) is 0 Å². The van der Waals surface area contributed by atoms with Crippen molar-refractivity contribution in [2.75, 3.05) is 5.43 Å². The van der Waals surface area contributed by atoms with Gasteiger partial charge < -0.3 is 9.52 Å². The number of aromatic carboxylic acids is 1. The van der Waals surface area contributed by atoms with E-state index in [0.29, 0.717) is 17.1 Å². The second kappa shape index (κ2) is 7.55. The van der Waals surface area contributed by atoms with Crippen LogP contribution in [0, 0.1) is 0 Å². The molecule has 0 amide bonds. The molecular weight excluding hydrogens is 408 g/mol. The number of hydrogen-bond donors (Lipinski definition) is 2. The van der Waals surface area contributed by atoms with Gasteiger partial charge in [0.15, 0.2) is 0 Å². The number of benzene rings is 2. The number of carbonyl (C=O) groups is 1. The third-order valence-electron chi connectivity index (χ3n) is 3.34. The number of hydrogen-bond acceptors (Lipinski definition) is 4. The van der Waals surface area contributed by atoms with Gasteiger partial charge in [0.1, 0.15) is 11.5 Å². The number of carboxylic acid groups (broad SMARTS) is 1. The monoisotopic (exact) mass is 418 g/mol. The Bertz CT molecular complexity index is 936. The Morgan fingerprint density at radius 1 is 1.16 bits per heavy atom. The van der Waals surface area contributed by atoms with Crippen LogP contribution in [0.5, 0.6) is 0 Å². The van der Waals surface area contributed by atoms with E-state index in [1.54, 1.807) is 24.4 Å². The van der Waals surface area contributed by atoms with Gasteiger partial charge in [0.05, 0.1) is 22.5 Å². The van der Waals surface area contributed by atoms with E-state index in [0.717, 1.165) is 10.2 Å². The van der Waals surface area contributed by atoms with Gasteiger partial charge in [-0.05, 0) is 54.6 Å². The first kappa shape index (κ1) is 17.3. The predicted octanol–water partition coefficient (Wildman–Crippen LogP) is 5.51. The van der Waals surface area contributed by atoms with E-state index in [2.05, 4.69) is 26.5 Å². The summed E-state index contributed by atoms with van der Waals surface area (Å²) in [5, 5.41) is 13.4. The maximum absolute atomic E-state index is 11.2. The molecule has 0 fully saturated rings. The van der Waals surface area contributed by atoms with Gasteiger partial charge in [0.25, 0.3) is 0 Å². The van der Waals surface area contributed by atoms with Crippen molar-refractivity contribution in [1.82, 2.24) is 0 Å². The molecule has 1 aromatic heterocycles. The van der Waals surface area contributed by atoms with Crippen LogP contribution in [0.15, 0.2) is 68.6 Å². The van der Waals surface area contributed by atoms with Crippen molar-refractivity contribution in [1.29, 1.82) is 0 Å². The number of rotatable bonds is 5. The van der Waals surface area contributed by atoms with Crippen LogP contribution in [0.4, 0.5) is 5.69 Å². The lowest BCUT2D eigenvalue weighted by Gasteiger charge is -2.02. The van der Waals surface area contributed by atoms with E-state index in [1.165, 1.54) is 12.1 Å². The highest BCUT2D eigenvalue weighted by atomic mass is 79.9. The Morgan fingerprint density at radius 2 is 1.92 bits per heavy atom. The molecule has 3 rings (SSSR count). The molecule has 0 aliphatic carbocycles. The Hall–Kier alpha value is -2.57. The molecular formula is C18H12BrClN2O3. The van der Waals surface area contributed by atoms with E-state index >= 15 is 0 Å². The third-order valence-corrected chi connectivity index (χ3v) is 4.20. The molecule has 0 radical (unpaired) electrons. The Morgan fingerprint density at radius 3 is 2.64 bits per heavy atom. The zero-order valence-corrected chi connectivity index (χ0v) is 15.1. The topological polar surface area (TPSA) is 74.8 Å². The molecule has 0 unspecified atom stereocenters. The van der Waals surface area contributed by atoms with Crippen molar-refractivity contribution < 1.29 is 14.3 Å². The van der Waals surface area contributed by atoms with Crippen LogP contribution in [0.3, 0.4) is 0 Å². The number of nitrogens with zero attached hydrogens (tertiary/aromatic N) is 1. The van der Waals surface area contributed by atoms with E-state index in [9.17, 15) is 4.79 Å². The van der Waals surface area contributed by atoms with Crippen molar-refractivity contribution in [3.63, 3.8) is 0 Å². The minimum Gasteiger partial charge on any atom is -0.478 e. The smallest absolute Gasteiger partial charge is 0.337 e. The molecule has 2 aromatic carbocycles. The van der Waals surface area contributed by atoms with Crippen LogP contribution in [0.2, 0.25) is 5.02 Å². The standard InChI is InChI=1S/C18H12BrClN2O3/c19-12-2-4-13(5-3-12)22-21-10-14-6-8-17(25-14)11-1-7-16(20)15(9-11)18(23)24/h1-10,22H,(H,23,24)/b21-10+. The summed E-state index contributed by atoms with van der Waals surface area (Å²) in [6.07, 6.45) is 1.54. The maximum atomic E-state index is 11.2. The van der Waals surface area contributed by atoms with Crippen LogP contribution in [0.1, 0.15) is 16.1 Å². The molecule has 0 atom stereocenters. The highest BCUT2D eigenvalue weighted by Gasteiger charge is 2.12. The highest BCUT2D eigenvalue weighted by molar-refractivity contribution is 9.10. The first-order valence-electron chi connectivity index (χ1n) is 7.20. The lowest BCUT2D eigenvalue weighted by Crippen LogP contribution is -1.97. The fourth-order valence-electron chi connectivity index (χ4n) is 2.11. The summed E-state index contributed by atoms with van der Waals surface area (Å²) in [4.78, 5) is 11.2. The second-order valence-corrected chi connectivity index (χ2v) is 6.40. The van der Waals surface area contributed by atoms with Gasteiger partial charge in [-0.3, -0.25) is 5.43 Å². The fraction of sp³-hybridized carbons (Fsp3) is 0. The highest BCUT2D eigenvalue weighted by Crippen LogP contribution is 2.26. The molecule has 0 saturated carbocycles. The number of hydrazone groups is 1. The largest absolute Gasteiger partial charge is 0.478 e. The van der Waals surface area contributed by atoms with Gasteiger partial charge in [-0.15, -0.1) is 0 Å². The zero-order chi connectivity index (χ0) is 17.8. The molecule has 25 heavy (non-hydrogen) atoms. The predicted molar refractivity (Wildman–Crippen MR) is 101 cm³/mol. The van der Waals surface area contributed by atoms with Crippen LogP contribution >= 0.6 is 27.5 Å². The maximum Gasteiger partial charge on any atom is 0.337 e. The third kappa shape index (κ3) is 4.29. The number of furan rings is 1. The second-order valence-electron chi connectivity index (χ2n) is 5.08. The first-order valence-corrected chi connectivity index (χ1v) is 8.38. The van der Waals surface area contributed by atoms with Gasteiger partial charge in [0, 0.05) is 10.0 Å². The molecule has 3 aromatic rings. The lowest BCUT2D eigenvalue weighted by atomic mass is 10.1. The Labute approximate surface area is 157 Å². The van der Waals surface area contributed by atoms with E-state index in [-0.39, 0.29) is 10.6 Å². The molecule has 5 nitrogen and oxygen atoms in total. The van der Waals surface area contributed by atoms with Crippen molar-refractivity contribution in [3.05, 3.63) is 75.4 Å². The van der Waals surface area contributed by atoms with Crippen LogP contribution in [0.25, 0.3) is 11.3 Å². The van der Waals surface area contributed by atoms with E-state index in [1.807, 2.05) is 24.3 Å². The van der Waals surface area contributed by atoms with Crippen LogP contribution in [-0.2, 0) is 0 Å². The number of carboxylic acids is 1. The van der Waals surface area contributed by atoms with Crippen molar-refractivity contribution in [2.24, 2.45) is 5.10 Å². The number of anilines is 1. The summed E-state index contributed by atoms with van der Waals surface area (Å²) in [6, 6.07) is 15.8. The average molecular weight is 420 g/mol. The summed E-state index contributed by atoms with van der Waals surface area (Å²) in [5.74, 6) is -0.0189. The van der Waals surface area contributed by atoms with Crippen LogP contribution in [-0.4, -0.2) is 17.3 Å². The van der Waals surface area contributed by atoms with Gasteiger partial charge >= 0.3 is 5.97 Å². The van der Waals surface area contributed by atoms with Crippen molar-refractivity contribution in [3.8, 4) is 11.3 Å². The molecule has 126 valence electrons. The van der Waals surface area contributed by atoms with Gasteiger partial charge in [0.2, 0.25) is 0 Å². The fourth-order valence-corrected chi connectivity index (χ4v) is 2.58. The van der Waals surface area contributed by atoms with Gasteiger partial charge in [-0.1, -0.05) is 27.5 Å².